The number of hydrogen-bond donors (Lipinski definition) is 2. The fourth-order valence-corrected chi connectivity index (χ4v) is 4.52. The molecule has 1 rings (SSSR count). The van der Waals surface area contributed by atoms with Crippen LogP contribution in [0.1, 0.15) is 60.3 Å². The van der Waals surface area contributed by atoms with Crippen LogP contribution in [-0.2, 0) is 24.8 Å². The highest BCUT2D eigenvalue weighted by Gasteiger charge is 2.35. The van der Waals surface area contributed by atoms with Gasteiger partial charge in [0.1, 0.15) is 0 Å². The summed E-state index contributed by atoms with van der Waals surface area (Å²) in [7, 11) is -6.08. The van der Waals surface area contributed by atoms with Gasteiger partial charge in [0.05, 0.1) is 17.6 Å². The van der Waals surface area contributed by atoms with Crippen LogP contribution in [-0.4, -0.2) is 53.1 Å². The van der Waals surface area contributed by atoms with Crippen molar-refractivity contribution in [1.82, 2.24) is 9.44 Å². The van der Waals surface area contributed by atoms with E-state index in [4.69, 9.17) is 4.74 Å². The van der Waals surface area contributed by atoms with Gasteiger partial charge in [-0.15, -0.1) is 0 Å². The topological polar surface area (TPSA) is 102 Å². The average molecular weight is 387 g/mol. The lowest BCUT2D eigenvalue weighted by atomic mass is 10.4. The Morgan fingerprint density at radius 1 is 0.958 bits per heavy atom. The summed E-state index contributed by atoms with van der Waals surface area (Å²) in [5.74, 6) is 0.0505. The van der Waals surface area contributed by atoms with E-state index >= 15 is 0 Å². The van der Waals surface area contributed by atoms with Crippen LogP contribution in [0.3, 0.4) is 0 Å². The second-order valence-corrected chi connectivity index (χ2v) is 10.4. The van der Waals surface area contributed by atoms with E-state index in [9.17, 15) is 16.8 Å². The average Bonchev–Trinajstić information content (AvgIpc) is 3.20. The Balaban J connectivity index is 0.000000463. The Kier molecular flexibility index (Phi) is 11.3. The largest absolute Gasteiger partial charge is 0.380 e. The smallest absolute Gasteiger partial charge is 0.214 e. The predicted octanol–water partition coefficient (Wildman–Crippen LogP) is 1.61. The Morgan fingerprint density at radius 2 is 1.50 bits per heavy atom. The molecule has 1 aliphatic rings. The van der Waals surface area contributed by atoms with E-state index in [1.165, 1.54) is 0 Å². The fourth-order valence-electron chi connectivity index (χ4n) is 1.74. The molecule has 7 nitrogen and oxygen atoms in total. The number of unbranched alkanes of at least 4 members (excludes halogenated alkanes) is 1. The maximum absolute atomic E-state index is 11.3. The number of sulfonamides is 2. The molecule has 0 aromatic carbocycles. The van der Waals surface area contributed by atoms with E-state index in [0.29, 0.717) is 6.61 Å². The first-order chi connectivity index (χ1) is 11.0. The Bertz CT molecular complexity index is 526. The zero-order valence-corrected chi connectivity index (χ0v) is 17.2. The number of ether oxygens (including phenoxy) is 1. The zero-order valence-electron chi connectivity index (χ0n) is 15.5. The molecule has 1 saturated carbocycles. The highest BCUT2D eigenvalue weighted by atomic mass is 32.2. The summed E-state index contributed by atoms with van der Waals surface area (Å²) >= 11 is 0. The third kappa shape index (κ3) is 13.1. The van der Waals surface area contributed by atoms with Crippen LogP contribution in [0.25, 0.3) is 0 Å². The van der Waals surface area contributed by atoms with Crippen LogP contribution in [0.2, 0.25) is 0 Å². The first-order valence-corrected chi connectivity index (χ1v) is 11.8. The van der Waals surface area contributed by atoms with Crippen molar-refractivity contribution in [2.75, 3.05) is 19.0 Å². The first kappa shape index (κ1) is 23.8. The molecular formula is C15H34N2O5S2. The summed E-state index contributed by atoms with van der Waals surface area (Å²) in [6, 6.07) is -0.0127. The van der Waals surface area contributed by atoms with Gasteiger partial charge in [-0.1, -0.05) is 13.3 Å². The number of rotatable bonds is 11. The van der Waals surface area contributed by atoms with E-state index in [1.54, 1.807) is 13.8 Å². The highest BCUT2D eigenvalue weighted by molar-refractivity contribution is 7.90. The molecule has 0 amide bonds. The minimum atomic E-state index is -3.14. The van der Waals surface area contributed by atoms with Crippen molar-refractivity contribution >= 4 is 20.0 Å². The van der Waals surface area contributed by atoms with Gasteiger partial charge in [0.25, 0.3) is 0 Å². The summed E-state index contributed by atoms with van der Waals surface area (Å²) in [5.41, 5.74) is 0. The summed E-state index contributed by atoms with van der Waals surface area (Å²) in [6.07, 6.45) is 3.72. The minimum Gasteiger partial charge on any atom is -0.380 e. The monoisotopic (exact) mass is 386 g/mol. The molecule has 146 valence electrons. The summed E-state index contributed by atoms with van der Waals surface area (Å²) in [6.45, 7) is 10.3. The Hall–Kier alpha value is -0.220. The lowest BCUT2D eigenvalue weighted by Crippen LogP contribution is -2.33. The molecule has 0 aromatic rings. The lowest BCUT2D eigenvalue weighted by molar-refractivity contribution is 0.145. The SMILES string of the molecule is CC(C)NS(=O)(=O)C1CC1.CCCCOCCS(=O)(=O)NC(C)C. The van der Waals surface area contributed by atoms with Crippen LogP contribution in [0.4, 0.5) is 0 Å². The second-order valence-electron chi connectivity index (χ2n) is 6.57. The van der Waals surface area contributed by atoms with Crippen molar-refractivity contribution in [2.24, 2.45) is 0 Å². The molecule has 24 heavy (non-hydrogen) atoms. The Morgan fingerprint density at radius 3 is 1.92 bits per heavy atom. The molecule has 0 radical (unpaired) electrons. The van der Waals surface area contributed by atoms with E-state index in [0.717, 1.165) is 25.7 Å². The van der Waals surface area contributed by atoms with Gasteiger partial charge in [-0.2, -0.15) is 0 Å². The minimum absolute atomic E-state index is 0.0330. The first-order valence-electron chi connectivity index (χ1n) is 8.59. The van der Waals surface area contributed by atoms with Gasteiger partial charge in [0.2, 0.25) is 20.0 Å². The lowest BCUT2D eigenvalue weighted by Gasteiger charge is -2.09. The highest BCUT2D eigenvalue weighted by Crippen LogP contribution is 2.27. The molecule has 0 unspecified atom stereocenters. The third-order valence-electron chi connectivity index (χ3n) is 2.92. The van der Waals surface area contributed by atoms with Crippen molar-refractivity contribution in [3.05, 3.63) is 0 Å². The van der Waals surface area contributed by atoms with Gasteiger partial charge < -0.3 is 4.74 Å². The maximum Gasteiger partial charge on any atom is 0.214 e. The molecule has 0 heterocycles. The van der Waals surface area contributed by atoms with Gasteiger partial charge in [-0.25, -0.2) is 26.3 Å². The second kappa shape index (κ2) is 11.4. The molecule has 0 spiro atoms. The van der Waals surface area contributed by atoms with Crippen LogP contribution in [0.5, 0.6) is 0 Å². The molecule has 9 heteroatoms. The van der Waals surface area contributed by atoms with Crippen molar-refractivity contribution in [2.45, 2.75) is 77.6 Å². The van der Waals surface area contributed by atoms with Crippen LogP contribution < -0.4 is 9.44 Å². The van der Waals surface area contributed by atoms with Gasteiger partial charge >= 0.3 is 0 Å². The number of nitrogens with one attached hydrogen (secondary N) is 2. The van der Waals surface area contributed by atoms with Crippen LogP contribution in [0, 0.1) is 0 Å². The molecule has 1 aliphatic carbocycles. The summed E-state index contributed by atoms with van der Waals surface area (Å²) in [4.78, 5) is 0. The molecule has 0 aromatic heterocycles. The van der Waals surface area contributed by atoms with Crippen LogP contribution >= 0.6 is 0 Å². The Labute approximate surface area is 148 Å². The van der Waals surface area contributed by atoms with Crippen molar-refractivity contribution in [3.63, 3.8) is 0 Å². The van der Waals surface area contributed by atoms with Crippen molar-refractivity contribution in [1.29, 1.82) is 0 Å². The van der Waals surface area contributed by atoms with E-state index < -0.39 is 20.0 Å². The zero-order chi connectivity index (χ0) is 18.8. The fraction of sp³-hybridized carbons (Fsp3) is 1.00. The van der Waals surface area contributed by atoms with Gasteiger partial charge in [-0.3, -0.25) is 0 Å². The molecule has 1 fully saturated rings. The molecule has 0 saturated heterocycles. The van der Waals surface area contributed by atoms with Crippen LogP contribution in [0.15, 0.2) is 0 Å². The van der Waals surface area contributed by atoms with Gasteiger partial charge in [-0.05, 0) is 47.0 Å². The van der Waals surface area contributed by atoms with Crippen molar-refractivity contribution < 1.29 is 21.6 Å². The van der Waals surface area contributed by atoms with E-state index in [-0.39, 0.29) is 29.7 Å². The standard InChI is InChI=1S/C9H21NO3S.C6H13NO2S/c1-4-5-6-13-7-8-14(11,12)10-9(2)3;1-5(2)7-10(8,9)6-3-4-6/h9-10H,4-8H2,1-3H3;5-7H,3-4H2,1-2H3. The van der Waals surface area contributed by atoms with Crippen molar-refractivity contribution in [3.8, 4) is 0 Å². The maximum atomic E-state index is 11.3. The summed E-state index contributed by atoms with van der Waals surface area (Å²) < 4.78 is 55.0. The van der Waals surface area contributed by atoms with E-state index in [2.05, 4.69) is 16.4 Å². The third-order valence-corrected chi connectivity index (χ3v) is 6.60. The summed E-state index contributed by atoms with van der Waals surface area (Å²) in [5, 5.41) is -0.0881. The predicted molar refractivity (Wildman–Crippen MR) is 98.0 cm³/mol. The quantitative estimate of drug-likeness (QED) is 0.525. The number of hydrogen-bond acceptors (Lipinski definition) is 5. The molecule has 0 bridgehead atoms. The molecule has 0 aliphatic heterocycles. The molecular weight excluding hydrogens is 352 g/mol. The molecule has 2 N–H and O–H groups in total. The van der Waals surface area contributed by atoms with E-state index in [1.807, 2.05) is 13.8 Å². The van der Waals surface area contributed by atoms with Gasteiger partial charge in [0.15, 0.2) is 0 Å². The van der Waals surface area contributed by atoms with Gasteiger partial charge in [0, 0.05) is 18.7 Å². The normalized spacial score (nSPS) is 15.5. The molecule has 0 atom stereocenters.